The fourth-order valence-corrected chi connectivity index (χ4v) is 4.02. The number of aliphatic carboxylic acids is 1. The van der Waals surface area contributed by atoms with Crippen LogP contribution in [0.4, 0.5) is 0 Å². The lowest BCUT2D eigenvalue weighted by Gasteiger charge is -2.30. The van der Waals surface area contributed by atoms with Gasteiger partial charge in [0.1, 0.15) is 18.1 Å². The number of amides is 5. The van der Waals surface area contributed by atoms with Crippen molar-refractivity contribution in [1.29, 1.82) is 0 Å². The van der Waals surface area contributed by atoms with Crippen LogP contribution in [0.25, 0.3) is 0 Å². The summed E-state index contributed by atoms with van der Waals surface area (Å²) in [7, 11) is -2.26. The van der Waals surface area contributed by atoms with Gasteiger partial charge in [-0.15, -0.1) is 0 Å². The first-order chi connectivity index (χ1) is 20.9. The second-order valence-corrected chi connectivity index (χ2v) is 11.4. The molecule has 1 aromatic carbocycles. The Morgan fingerprint density at radius 2 is 1.67 bits per heavy atom. The van der Waals surface area contributed by atoms with Crippen LogP contribution in [0, 0.1) is 0 Å². The Morgan fingerprint density at radius 3 is 2.24 bits per heavy atom. The zero-order valence-corrected chi connectivity index (χ0v) is 25.9. The summed E-state index contributed by atoms with van der Waals surface area (Å²) in [6, 6.07) is 2.87. The molecule has 1 aromatic rings. The van der Waals surface area contributed by atoms with Gasteiger partial charge >= 0.3 is 5.97 Å². The normalized spacial score (nSPS) is 20.1. The molecule has 45 heavy (non-hydrogen) atoms. The second-order valence-electron chi connectivity index (χ2n) is 9.94. The van der Waals surface area contributed by atoms with Crippen molar-refractivity contribution in [2.24, 2.45) is 16.5 Å². The molecule has 0 saturated carbocycles. The maximum absolute atomic E-state index is 13.4. The first-order valence-corrected chi connectivity index (χ1v) is 15.5. The predicted octanol–water partition coefficient (Wildman–Crippen LogP) is -2.71. The summed E-state index contributed by atoms with van der Waals surface area (Å²) in [4.78, 5) is 81.1. The average Bonchev–Trinajstić information content (AvgIpc) is 2.94. The zero-order valence-electron chi connectivity index (χ0n) is 25.1. The smallest absolute Gasteiger partial charge is 0.305 e. The number of benzene rings is 1. The van der Waals surface area contributed by atoms with Crippen molar-refractivity contribution in [2.45, 2.75) is 57.3 Å². The number of carbonyl (C=O) groups excluding carboxylic acids is 5. The van der Waals surface area contributed by atoms with Crippen LogP contribution in [0.1, 0.15) is 48.5 Å². The monoisotopic (exact) mass is 656 g/mol. The third-order valence-corrected chi connectivity index (χ3v) is 6.17. The molecule has 0 spiro atoms. The van der Waals surface area contributed by atoms with Crippen molar-refractivity contribution in [2.75, 3.05) is 26.4 Å². The fourth-order valence-electron chi connectivity index (χ4n) is 4.02. The number of guanidine groups is 1. The maximum Gasteiger partial charge on any atom is 0.305 e. The van der Waals surface area contributed by atoms with E-state index < -0.39 is 76.7 Å². The number of fused-ring (bicyclic) bond motifs is 2. The van der Waals surface area contributed by atoms with E-state index in [1.807, 2.05) is 0 Å². The van der Waals surface area contributed by atoms with E-state index in [0.717, 1.165) is 0 Å². The van der Waals surface area contributed by atoms with Crippen LogP contribution in [-0.2, 0) is 40.6 Å². The lowest BCUT2D eigenvalue weighted by molar-refractivity contribution is -0.141. The van der Waals surface area contributed by atoms with Crippen molar-refractivity contribution in [3.63, 3.8) is 0 Å². The zero-order chi connectivity index (χ0) is 34.3. The molecule has 250 valence electrons. The molecular formula is C26H40N8O10S. The summed E-state index contributed by atoms with van der Waals surface area (Å²) in [6.45, 7) is 1.26. The molecule has 0 saturated heterocycles. The first-order valence-electron chi connectivity index (χ1n) is 13.6. The molecule has 3 unspecified atom stereocenters. The SMILES string of the molecule is CCC1NC(=O)c2cccc(c2)CNC(=O)C(CC(=O)O)NC(=O)CNC(=O)C(CCCN=C(N)N)N(C)C1=O.CS(=O)(=O)O. The van der Waals surface area contributed by atoms with Gasteiger partial charge in [0.25, 0.3) is 16.0 Å². The predicted molar refractivity (Wildman–Crippen MR) is 161 cm³/mol. The van der Waals surface area contributed by atoms with E-state index >= 15 is 0 Å². The van der Waals surface area contributed by atoms with Crippen LogP contribution in [0.2, 0.25) is 0 Å². The van der Waals surface area contributed by atoms with E-state index in [1.54, 1.807) is 19.1 Å². The Bertz CT molecular complexity index is 1370. The molecule has 0 aliphatic carbocycles. The van der Waals surface area contributed by atoms with E-state index in [4.69, 9.17) is 16.0 Å². The molecular weight excluding hydrogens is 616 g/mol. The van der Waals surface area contributed by atoms with Crippen LogP contribution in [-0.4, -0.2) is 109 Å². The number of likely N-dealkylation sites (N-methyl/N-ethyl adjacent to an activating group) is 1. The first kappa shape index (κ1) is 38.2. The van der Waals surface area contributed by atoms with Crippen molar-refractivity contribution in [1.82, 2.24) is 26.2 Å². The Kier molecular flexibility index (Phi) is 15.4. The molecule has 18 nitrogen and oxygen atoms in total. The summed E-state index contributed by atoms with van der Waals surface area (Å²) < 4.78 is 25.9. The van der Waals surface area contributed by atoms with E-state index in [0.29, 0.717) is 18.2 Å². The molecule has 19 heteroatoms. The van der Waals surface area contributed by atoms with E-state index in [9.17, 15) is 42.3 Å². The quantitative estimate of drug-likeness (QED) is 0.0643. The van der Waals surface area contributed by atoms with Gasteiger partial charge in [0, 0.05) is 25.7 Å². The van der Waals surface area contributed by atoms with Gasteiger partial charge in [0.05, 0.1) is 19.2 Å². The number of nitrogens with one attached hydrogen (secondary N) is 4. The van der Waals surface area contributed by atoms with E-state index in [1.165, 1.54) is 24.1 Å². The lowest BCUT2D eigenvalue weighted by atomic mass is 10.1. The van der Waals surface area contributed by atoms with Gasteiger partial charge in [-0.05, 0) is 37.0 Å². The van der Waals surface area contributed by atoms with Crippen LogP contribution in [0.15, 0.2) is 29.3 Å². The number of rotatable bonds is 7. The number of carbonyl (C=O) groups is 6. The minimum absolute atomic E-state index is 0.0525. The number of carboxylic acids is 1. The summed E-state index contributed by atoms with van der Waals surface area (Å²) in [5.74, 6) is -4.74. The van der Waals surface area contributed by atoms with Gasteiger partial charge in [0.2, 0.25) is 23.6 Å². The maximum atomic E-state index is 13.4. The highest BCUT2D eigenvalue weighted by Gasteiger charge is 2.32. The Balaban J connectivity index is 0.00000187. The highest BCUT2D eigenvalue weighted by molar-refractivity contribution is 7.85. The third kappa shape index (κ3) is 15.0. The van der Waals surface area contributed by atoms with Crippen LogP contribution in [0.5, 0.6) is 0 Å². The number of carboxylic acid groups (broad SMARTS) is 1. The molecule has 2 rings (SSSR count). The van der Waals surface area contributed by atoms with Crippen LogP contribution in [0.3, 0.4) is 0 Å². The topological polar surface area (TPSA) is 293 Å². The van der Waals surface area contributed by atoms with Crippen molar-refractivity contribution in [3.05, 3.63) is 35.4 Å². The van der Waals surface area contributed by atoms with Gasteiger partial charge in [-0.2, -0.15) is 8.42 Å². The molecule has 1 aliphatic rings. The van der Waals surface area contributed by atoms with E-state index in [-0.39, 0.29) is 37.5 Å². The number of hydrogen-bond donors (Lipinski definition) is 8. The van der Waals surface area contributed by atoms with Crippen molar-refractivity contribution in [3.8, 4) is 0 Å². The van der Waals surface area contributed by atoms with Gasteiger partial charge in [-0.1, -0.05) is 19.1 Å². The third-order valence-electron chi connectivity index (χ3n) is 6.17. The van der Waals surface area contributed by atoms with Gasteiger partial charge < -0.3 is 42.7 Å². The lowest BCUT2D eigenvalue weighted by Crippen LogP contribution is -2.55. The van der Waals surface area contributed by atoms with Crippen LogP contribution < -0.4 is 32.7 Å². The van der Waals surface area contributed by atoms with E-state index in [2.05, 4.69) is 26.3 Å². The number of aliphatic imine (C=N–C) groups is 1. The fraction of sp³-hybridized carbons (Fsp3) is 0.500. The largest absolute Gasteiger partial charge is 0.481 e. The summed E-state index contributed by atoms with van der Waals surface area (Å²) in [6.07, 6.45) is 0.698. The molecule has 1 aliphatic heterocycles. The molecule has 1 heterocycles. The highest BCUT2D eigenvalue weighted by atomic mass is 32.2. The molecule has 10 N–H and O–H groups in total. The van der Waals surface area contributed by atoms with Gasteiger partial charge in [0.15, 0.2) is 5.96 Å². The average molecular weight is 657 g/mol. The molecule has 0 aromatic heterocycles. The number of hydrogen-bond acceptors (Lipinski definition) is 9. The van der Waals surface area contributed by atoms with Gasteiger partial charge in [-0.3, -0.25) is 38.3 Å². The summed E-state index contributed by atoms with van der Waals surface area (Å²) in [5.41, 5.74) is 11.5. The summed E-state index contributed by atoms with van der Waals surface area (Å²) >= 11 is 0. The molecule has 2 bridgehead atoms. The Labute approximate surface area is 260 Å². The summed E-state index contributed by atoms with van der Waals surface area (Å²) in [5, 5.41) is 19.2. The van der Waals surface area contributed by atoms with Crippen LogP contribution >= 0.6 is 0 Å². The van der Waals surface area contributed by atoms with Gasteiger partial charge in [-0.25, -0.2) is 0 Å². The minimum atomic E-state index is -3.67. The molecule has 3 atom stereocenters. The molecule has 5 amide bonds. The van der Waals surface area contributed by atoms with Crippen molar-refractivity contribution >= 4 is 51.6 Å². The Morgan fingerprint density at radius 1 is 1.04 bits per heavy atom. The number of nitrogens with two attached hydrogens (primary N) is 2. The van der Waals surface area contributed by atoms with Crippen molar-refractivity contribution < 1.29 is 46.8 Å². The minimum Gasteiger partial charge on any atom is -0.481 e. The second kappa shape index (κ2) is 18.1. The standard InChI is InChI=1S/C25H36N8O7.CH4O3S/c1-3-16-24(40)33(2)18(8-5-9-28-25(26)27)23(39)30-13-19(34)31-17(11-20(35)36)22(38)29-12-14-6-4-7-15(10-14)21(37)32-16;1-5(2,3)4/h4,6-7,10,16-18H,3,5,8-9,11-13H2,1-2H3,(H,29,38)(H,30,39)(H,31,34)(H,32,37)(H,35,36)(H4,26,27,28);1H3,(H,2,3,4). The molecule has 0 radical (unpaired) electrons. The molecule has 0 fully saturated rings. The Hall–Kier alpha value is -4.78. The highest BCUT2D eigenvalue weighted by Crippen LogP contribution is 2.12. The number of nitrogens with zero attached hydrogens (tertiary/aromatic N) is 2.